The number of carbonyl (C=O) groups excluding carboxylic acids is 1. The molecule has 2 aromatic rings. The minimum absolute atomic E-state index is 0.0653. The molecule has 0 aromatic heterocycles. The van der Waals surface area contributed by atoms with Crippen LogP contribution in [0.4, 0.5) is 0 Å². The highest BCUT2D eigenvalue weighted by Gasteiger charge is 2.12. The quantitative estimate of drug-likeness (QED) is 0.658. The first-order chi connectivity index (χ1) is 11.8. The molecule has 1 amide bonds. The van der Waals surface area contributed by atoms with Crippen molar-refractivity contribution in [3.8, 4) is 5.75 Å². The van der Waals surface area contributed by atoms with Crippen LogP contribution in [0.2, 0.25) is 0 Å². The number of ether oxygens (including phenoxy) is 1. The second-order valence-corrected chi connectivity index (χ2v) is 7.22. The van der Waals surface area contributed by atoms with E-state index in [1.165, 1.54) is 5.56 Å². The second-order valence-electron chi connectivity index (χ2n) is 7.22. The van der Waals surface area contributed by atoms with Gasteiger partial charge < -0.3 is 4.74 Å². The van der Waals surface area contributed by atoms with Crippen LogP contribution in [-0.4, -0.2) is 18.7 Å². The first-order valence-corrected chi connectivity index (χ1v) is 8.38. The van der Waals surface area contributed by atoms with E-state index in [2.05, 4.69) is 43.4 Å². The fourth-order valence-corrected chi connectivity index (χ4v) is 2.38. The lowest BCUT2D eigenvalue weighted by Gasteiger charge is -2.18. The summed E-state index contributed by atoms with van der Waals surface area (Å²) in [5.41, 5.74) is 6.97. The standard InChI is InChI=1S/C21H26N2O2/c1-15-6-11-19(16(2)12-15)25-14-20(24)23-22-13-17-7-9-18(10-8-17)21(3,4)5/h6-13H,14H2,1-5H3,(H,23,24)/b22-13+. The molecule has 0 saturated heterocycles. The van der Waals surface area contributed by atoms with Crippen LogP contribution in [0.15, 0.2) is 47.6 Å². The van der Waals surface area contributed by atoms with Crippen molar-refractivity contribution >= 4 is 12.1 Å². The summed E-state index contributed by atoms with van der Waals surface area (Å²) in [6.07, 6.45) is 1.63. The summed E-state index contributed by atoms with van der Waals surface area (Å²) >= 11 is 0. The average molecular weight is 338 g/mol. The number of aryl methyl sites for hydroxylation is 2. The molecule has 1 N–H and O–H groups in total. The van der Waals surface area contributed by atoms with E-state index < -0.39 is 0 Å². The number of nitrogens with zero attached hydrogens (tertiary/aromatic N) is 1. The van der Waals surface area contributed by atoms with Gasteiger partial charge in [-0.1, -0.05) is 62.7 Å². The third kappa shape index (κ3) is 5.75. The molecule has 4 heteroatoms. The topological polar surface area (TPSA) is 50.7 Å². The van der Waals surface area contributed by atoms with Crippen LogP contribution in [0, 0.1) is 13.8 Å². The molecule has 0 aliphatic rings. The summed E-state index contributed by atoms with van der Waals surface area (Å²) in [5, 5.41) is 3.98. The molecular formula is C21H26N2O2. The Morgan fingerprint density at radius 2 is 1.80 bits per heavy atom. The van der Waals surface area contributed by atoms with Crippen molar-refractivity contribution in [1.29, 1.82) is 0 Å². The van der Waals surface area contributed by atoms with Crippen molar-refractivity contribution in [3.05, 3.63) is 64.7 Å². The maximum atomic E-state index is 11.8. The number of amides is 1. The summed E-state index contributed by atoms with van der Waals surface area (Å²) in [4.78, 5) is 11.8. The molecule has 2 rings (SSSR count). The van der Waals surface area contributed by atoms with Crippen molar-refractivity contribution in [3.63, 3.8) is 0 Å². The lowest BCUT2D eigenvalue weighted by atomic mass is 9.87. The van der Waals surface area contributed by atoms with Crippen LogP contribution in [0.5, 0.6) is 5.75 Å². The zero-order valence-corrected chi connectivity index (χ0v) is 15.6. The normalized spacial score (nSPS) is 11.6. The van der Waals surface area contributed by atoms with Crippen LogP contribution < -0.4 is 10.2 Å². The van der Waals surface area contributed by atoms with Crippen LogP contribution in [0.25, 0.3) is 0 Å². The Hall–Kier alpha value is -2.62. The Balaban J connectivity index is 1.84. The van der Waals surface area contributed by atoms with Crippen molar-refractivity contribution < 1.29 is 9.53 Å². The summed E-state index contributed by atoms with van der Waals surface area (Å²) in [6.45, 7) is 10.4. The van der Waals surface area contributed by atoms with E-state index in [1.54, 1.807) is 6.21 Å². The van der Waals surface area contributed by atoms with Gasteiger partial charge in [0.1, 0.15) is 5.75 Å². The third-order valence-corrected chi connectivity index (χ3v) is 3.87. The van der Waals surface area contributed by atoms with Gasteiger partial charge in [-0.05, 0) is 42.0 Å². The predicted molar refractivity (Wildman–Crippen MR) is 102 cm³/mol. The molecule has 0 atom stereocenters. The van der Waals surface area contributed by atoms with Crippen molar-refractivity contribution in [2.45, 2.75) is 40.0 Å². The van der Waals surface area contributed by atoms with Crippen LogP contribution in [0.3, 0.4) is 0 Å². The fraction of sp³-hybridized carbons (Fsp3) is 0.333. The highest BCUT2D eigenvalue weighted by molar-refractivity contribution is 5.83. The van der Waals surface area contributed by atoms with E-state index in [4.69, 9.17) is 4.74 Å². The molecule has 0 aliphatic heterocycles. The largest absolute Gasteiger partial charge is 0.483 e. The van der Waals surface area contributed by atoms with Gasteiger partial charge in [0.25, 0.3) is 5.91 Å². The van der Waals surface area contributed by atoms with Gasteiger partial charge in [-0.3, -0.25) is 4.79 Å². The summed E-state index contributed by atoms with van der Waals surface area (Å²) in [5.74, 6) is 0.421. The Bertz CT molecular complexity index is 756. The van der Waals surface area contributed by atoms with Gasteiger partial charge in [0.15, 0.2) is 6.61 Å². The Morgan fingerprint density at radius 1 is 1.12 bits per heavy atom. The molecule has 0 unspecified atom stereocenters. The van der Waals surface area contributed by atoms with Gasteiger partial charge in [0.2, 0.25) is 0 Å². The monoisotopic (exact) mass is 338 g/mol. The molecule has 2 aromatic carbocycles. The molecule has 0 fully saturated rings. The molecule has 0 spiro atoms. The highest BCUT2D eigenvalue weighted by Crippen LogP contribution is 2.21. The van der Waals surface area contributed by atoms with Gasteiger partial charge in [-0.25, -0.2) is 5.43 Å². The first kappa shape index (κ1) is 18.7. The fourth-order valence-electron chi connectivity index (χ4n) is 2.38. The minimum Gasteiger partial charge on any atom is -0.483 e. The Labute approximate surface area is 149 Å². The molecule has 4 nitrogen and oxygen atoms in total. The lowest BCUT2D eigenvalue weighted by Crippen LogP contribution is -2.24. The van der Waals surface area contributed by atoms with E-state index in [-0.39, 0.29) is 17.9 Å². The summed E-state index contributed by atoms with van der Waals surface area (Å²) < 4.78 is 5.52. The van der Waals surface area contributed by atoms with E-state index in [0.717, 1.165) is 16.7 Å². The molecule has 0 heterocycles. The molecule has 25 heavy (non-hydrogen) atoms. The average Bonchev–Trinajstić information content (AvgIpc) is 2.53. The number of carbonyl (C=O) groups is 1. The maximum Gasteiger partial charge on any atom is 0.277 e. The molecule has 132 valence electrons. The van der Waals surface area contributed by atoms with E-state index >= 15 is 0 Å². The van der Waals surface area contributed by atoms with Gasteiger partial charge >= 0.3 is 0 Å². The van der Waals surface area contributed by atoms with Crippen LogP contribution >= 0.6 is 0 Å². The van der Waals surface area contributed by atoms with Crippen LogP contribution in [0.1, 0.15) is 43.0 Å². The van der Waals surface area contributed by atoms with Gasteiger partial charge in [0.05, 0.1) is 6.21 Å². The van der Waals surface area contributed by atoms with Crippen molar-refractivity contribution in [2.75, 3.05) is 6.61 Å². The molecule has 0 aliphatic carbocycles. The Kier molecular flexibility index (Phi) is 5.97. The van der Waals surface area contributed by atoms with E-state index in [1.807, 2.05) is 44.2 Å². The zero-order chi connectivity index (χ0) is 18.4. The van der Waals surface area contributed by atoms with Crippen molar-refractivity contribution in [2.24, 2.45) is 5.10 Å². The Morgan fingerprint density at radius 3 is 2.40 bits per heavy atom. The third-order valence-electron chi connectivity index (χ3n) is 3.87. The molecule has 0 radical (unpaired) electrons. The predicted octanol–water partition coefficient (Wildman–Crippen LogP) is 4.13. The molecule has 0 saturated carbocycles. The number of nitrogens with one attached hydrogen (secondary N) is 1. The van der Waals surface area contributed by atoms with E-state index in [9.17, 15) is 4.79 Å². The van der Waals surface area contributed by atoms with Gasteiger partial charge in [-0.2, -0.15) is 5.10 Å². The smallest absolute Gasteiger partial charge is 0.277 e. The van der Waals surface area contributed by atoms with E-state index in [0.29, 0.717) is 5.75 Å². The molecular weight excluding hydrogens is 312 g/mol. The first-order valence-electron chi connectivity index (χ1n) is 8.38. The van der Waals surface area contributed by atoms with Gasteiger partial charge in [-0.15, -0.1) is 0 Å². The van der Waals surface area contributed by atoms with Crippen molar-refractivity contribution in [1.82, 2.24) is 5.43 Å². The number of hydrogen-bond acceptors (Lipinski definition) is 3. The zero-order valence-electron chi connectivity index (χ0n) is 15.6. The van der Waals surface area contributed by atoms with Crippen LogP contribution in [-0.2, 0) is 10.2 Å². The summed E-state index contributed by atoms with van der Waals surface area (Å²) in [6, 6.07) is 14.0. The SMILES string of the molecule is Cc1ccc(OCC(=O)N/N=C/c2ccc(C(C)(C)C)cc2)c(C)c1. The highest BCUT2D eigenvalue weighted by atomic mass is 16.5. The number of rotatable bonds is 5. The minimum atomic E-state index is -0.289. The van der Waals surface area contributed by atoms with Gasteiger partial charge in [0, 0.05) is 0 Å². The summed E-state index contributed by atoms with van der Waals surface area (Å²) in [7, 11) is 0. The number of hydrogen-bond donors (Lipinski definition) is 1. The number of benzene rings is 2. The molecule has 0 bridgehead atoms. The number of hydrazone groups is 1. The lowest BCUT2D eigenvalue weighted by molar-refractivity contribution is -0.123. The maximum absolute atomic E-state index is 11.8. The second kappa shape index (κ2) is 7.97.